The minimum Gasteiger partial charge on any atom is -0.441 e. The van der Waals surface area contributed by atoms with Gasteiger partial charge >= 0.3 is 6.09 Å². The zero-order valence-electron chi connectivity index (χ0n) is 10.5. The van der Waals surface area contributed by atoms with Gasteiger partial charge in [0.05, 0.1) is 13.2 Å². The molecule has 1 atom stereocenters. The minimum absolute atomic E-state index is 0.171. The van der Waals surface area contributed by atoms with Crippen molar-refractivity contribution in [2.45, 2.75) is 25.4 Å². The maximum Gasteiger partial charge on any atom is 0.414 e. The van der Waals surface area contributed by atoms with E-state index in [-0.39, 0.29) is 12.4 Å². The summed E-state index contributed by atoms with van der Waals surface area (Å²) in [5.74, 6) is 0.171. The molecule has 0 bridgehead atoms. The van der Waals surface area contributed by atoms with Gasteiger partial charge in [-0.3, -0.25) is 9.69 Å². The van der Waals surface area contributed by atoms with Crippen molar-refractivity contribution >= 4 is 17.6 Å². The highest BCUT2D eigenvalue weighted by molar-refractivity contribution is 5.99. The van der Waals surface area contributed by atoms with Crippen molar-refractivity contribution in [3.05, 3.63) is 29.3 Å². The first-order chi connectivity index (χ1) is 9.19. The smallest absolute Gasteiger partial charge is 0.414 e. The molecule has 5 nitrogen and oxygen atoms in total. The number of Topliss-reactive ketones (excluding diaryl/α,β-unsaturated/α-hetero) is 1. The monoisotopic (exact) mass is 261 g/mol. The number of aliphatic hydroxyl groups is 1. The molecule has 1 aliphatic heterocycles. The highest BCUT2D eigenvalue weighted by atomic mass is 16.6. The predicted octanol–water partition coefficient (Wildman–Crippen LogP) is 1.52. The molecule has 0 radical (unpaired) electrons. The third-order valence-corrected chi connectivity index (χ3v) is 3.63. The number of carbonyl (C=O) groups is 2. The van der Waals surface area contributed by atoms with Crippen LogP contribution >= 0.6 is 0 Å². The molecule has 3 rings (SSSR count). The van der Waals surface area contributed by atoms with Crippen LogP contribution in [0.1, 0.15) is 28.8 Å². The third-order valence-electron chi connectivity index (χ3n) is 3.63. The molecule has 0 aromatic heterocycles. The van der Waals surface area contributed by atoms with Gasteiger partial charge in [0.25, 0.3) is 0 Å². The molecule has 1 saturated heterocycles. The normalized spacial score (nSPS) is 22.4. The Hall–Kier alpha value is -1.88. The molecule has 100 valence electrons. The standard InChI is InChI=1S/C14H15NO4/c16-8-11-7-15(14(18)19-11)10-4-5-12-9(6-10)2-1-3-13(12)17/h4-6,11,16H,1-3,7-8H2/t11-/m1/s1. The zero-order valence-corrected chi connectivity index (χ0v) is 10.5. The largest absolute Gasteiger partial charge is 0.441 e. The number of cyclic esters (lactones) is 1. The summed E-state index contributed by atoms with van der Waals surface area (Å²) < 4.78 is 5.01. The lowest BCUT2D eigenvalue weighted by molar-refractivity contribution is 0.0961. The number of ether oxygens (including phenoxy) is 1. The van der Waals surface area contributed by atoms with Crippen LogP contribution < -0.4 is 4.90 Å². The fraction of sp³-hybridized carbons (Fsp3) is 0.429. The summed E-state index contributed by atoms with van der Waals surface area (Å²) in [6.45, 7) is 0.174. The molecule has 1 fully saturated rings. The second-order valence-electron chi connectivity index (χ2n) is 4.92. The van der Waals surface area contributed by atoms with Crippen molar-refractivity contribution in [3.8, 4) is 0 Å². The molecule has 0 unspecified atom stereocenters. The number of nitrogens with zero attached hydrogens (tertiary/aromatic N) is 1. The van der Waals surface area contributed by atoms with Gasteiger partial charge in [-0.25, -0.2) is 4.79 Å². The van der Waals surface area contributed by atoms with Crippen molar-refractivity contribution in [2.75, 3.05) is 18.1 Å². The van der Waals surface area contributed by atoms with Crippen molar-refractivity contribution in [1.29, 1.82) is 0 Å². The molecule has 1 aliphatic carbocycles. The van der Waals surface area contributed by atoms with E-state index < -0.39 is 12.2 Å². The topological polar surface area (TPSA) is 66.8 Å². The van der Waals surface area contributed by atoms with Crippen LogP contribution in [0.2, 0.25) is 0 Å². The summed E-state index contributed by atoms with van der Waals surface area (Å²) in [6.07, 6.45) is 1.41. The van der Waals surface area contributed by atoms with Crippen LogP contribution in [0.25, 0.3) is 0 Å². The lowest BCUT2D eigenvalue weighted by Gasteiger charge is -2.19. The lowest BCUT2D eigenvalue weighted by Crippen LogP contribution is -2.26. The fourth-order valence-electron chi connectivity index (χ4n) is 2.63. The van der Waals surface area contributed by atoms with Gasteiger partial charge < -0.3 is 9.84 Å². The highest BCUT2D eigenvalue weighted by Crippen LogP contribution is 2.28. The van der Waals surface area contributed by atoms with E-state index in [1.807, 2.05) is 6.07 Å². The molecule has 1 aromatic rings. The molecule has 19 heavy (non-hydrogen) atoms. The second kappa shape index (κ2) is 4.66. The molecular formula is C14H15NO4. The summed E-state index contributed by atoms with van der Waals surface area (Å²) in [5.41, 5.74) is 2.49. The quantitative estimate of drug-likeness (QED) is 0.876. The van der Waals surface area contributed by atoms with Crippen molar-refractivity contribution in [2.24, 2.45) is 0 Å². The number of aryl methyl sites for hydroxylation is 1. The Morgan fingerprint density at radius 1 is 1.32 bits per heavy atom. The zero-order chi connectivity index (χ0) is 13.4. The molecule has 1 heterocycles. The number of benzene rings is 1. The summed E-state index contributed by atoms with van der Waals surface area (Å²) >= 11 is 0. The van der Waals surface area contributed by atoms with E-state index in [1.165, 1.54) is 4.90 Å². The highest BCUT2D eigenvalue weighted by Gasteiger charge is 2.32. The number of anilines is 1. The average molecular weight is 261 g/mol. The number of hydrogen-bond donors (Lipinski definition) is 1. The molecule has 2 aliphatic rings. The third kappa shape index (κ3) is 2.10. The first-order valence-electron chi connectivity index (χ1n) is 6.44. The van der Waals surface area contributed by atoms with Gasteiger partial charge in [-0.15, -0.1) is 0 Å². The Kier molecular flexibility index (Phi) is 2.98. The van der Waals surface area contributed by atoms with E-state index in [9.17, 15) is 9.59 Å². The van der Waals surface area contributed by atoms with Crippen LogP contribution in [0.4, 0.5) is 10.5 Å². The van der Waals surface area contributed by atoms with Crippen molar-refractivity contribution in [1.82, 2.24) is 0 Å². The second-order valence-corrected chi connectivity index (χ2v) is 4.92. The number of rotatable bonds is 2. The van der Waals surface area contributed by atoms with Gasteiger partial charge in [0, 0.05) is 17.7 Å². The lowest BCUT2D eigenvalue weighted by atomic mass is 9.90. The maximum absolute atomic E-state index is 11.7. The Morgan fingerprint density at radius 2 is 2.16 bits per heavy atom. The minimum atomic E-state index is -0.467. The average Bonchev–Trinajstić information content (AvgIpc) is 2.80. The Morgan fingerprint density at radius 3 is 2.89 bits per heavy atom. The number of fused-ring (bicyclic) bond motifs is 1. The molecule has 0 saturated carbocycles. The van der Waals surface area contributed by atoms with Crippen LogP contribution in [0.15, 0.2) is 18.2 Å². The summed E-state index contributed by atoms with van der Waals surface area (Å²) in [6, 6.07) is 5.43. The number of ketones is 1. The molecule has 1 amide bonds. The van der Waals surface area contributed by atoms with E-state index in [0.717, 1.165) is 29.7 Å². The molecule has 1 N–H and O–H groups in total. The fourth-order valence-corrected chi connectivity index (χ4v) is 2.63. The molecule has 1 aromatic carbocycles. The molecule has 5 heteroatoms. The predicted molar refractivity (Wildman–Crippen MR) is 68.4 cm³/mol. The Bertz CT molecular complexity index is 540. The van der Waals surface area contributed by atoms with E-state index in [4.69, 9.17) is 9.84 Å². The van der Waals surface area contributed by atoms with E-state index in [1.54, 1.807) is 12.1 Å². The Balaban J connectivity index is 1.90. The van der Waals surface area contributed by atoms with E-state index in [2.05, 4.69) is 0 Å². The molecule has 0 spiro atoms. The van der Waals surface area contributed by atoms with Gasteiger partial charge in [-0.2, -0.15) is 0 Å². The van der Waals surface area contributed by atoms with Crippen LogP contribution in [0.5, 0.6) is 0 Å². The summed E-state index contributed by atoms with van der Waals surface area (Å²) in [5, 5.41) is 9.03. The van der Waals surface area contributed by atoms with Gasteiger partial charge in [0.15, 0.2) is 5.78 Å². The van der Waals surface area contributed by atoms with Crippen LogP contribution in [-0.2, 0) is 11.2 Å². The maximum atomic E-state index is 11.7. The number of amides is 1. The first-order valence-corrected chi connectivity index (χ1v) is 6.44. The van der Waals surface area contributed by atoms with Crippen LogP contribution in [-0.4, -0.2) is 36.2 Å². The van der Waals surface area contributed by atoms with Crippen LogP contribution in [0, 0.1) is 0 Å². The van der Waals surface area contributed by atoms with Gasteiger partial charge in [-0.1, -0.05) is 0 Å². The number of hydrogen-bond acceptors (Lipinski definition) is 4. The van der Waals surface area contributed by atoms with Gasteiger partial charge in [-0.05, 0) is 36.6 Å². The Labute approximate surface area is 110 Å². The summed E-state index contributed by atoms with van der Waals surface area (Å²) in [4.78, 5) is 24.9. The first kappa shape index (κ1) is 12.2. The van der Waals surface area contributed by atoms with Gasteiger partial charge in [0.2, 0.25) is 0 Å². The van der Waals surface area contributed by atoms with E-state index in [0.29, 0.717) is 13.0 Å². The SMILES string of the molecule is O=C1CCCc2cc(N3C[C@H](CO)OC3=O)ccc21. The number of carbonyl (C=O) groups excluding carboxylic acids is 2. The van der Waals surface area contributed by atoms with Crippen LogP contribution in [0.3, 0.4) is 0 Å². The van der Waals surface area contributed by atoms with Crippen molar-refractivity contribution in [3.63, 3.8) is 0 Å². The van der Waals surface area contributed by atoms with Gasteiger partial charge in [0.1, 0.15) is 6.10 Å². The summed E-state index contributed by atoms with van der Waals surface area (Å²) in [7, 11) is 0. The molecular weight excluding hydrogens is 246 g/mol. The van der Waals surface area contributed by atoms with Crippen molar-refractivity contribution < 1.29 is 19.4 Å². The number of aliphatic hydroxyl groups excluding tert-OH is 1. The van der Waals surface area contributed by atoms with E-state index >= 15 is 0 Å².